The average Bonchev–Trinajstić information content (AvgIpc) is 3.17. The van der Waals surface area contributed by atoms with Crippen LogP contribution in [0.2, 0.25) is 0 Å². The summed E-state index contributed by atoms with van der Waals surface area (Å²) in [6, 6.07) is 20.9. The summed E-state index contributed by atoms with van der Waals surface area (Å²) >= 11 is 3.22. The molecule has 1 aliphatic rings. The van der Waals surface area contributed by atoms with Crippen molar-refractivity contribution in [3.8, 4) is 23.2 Å². The van der Waals surface area contributed by atoms with Crippen LogP contribution in [0.25, 0.3) is 22.0 Å². The molecule has 2 unspecified atom stereocenters. The third-order valence-corrected chi connectivity index (χ3v) is 5.99. The third kappa shape index (κ3) is 2.88. The van der Waals surface area contributed by atoms with E-state index < -0.39 is 17.7 Å². The summed E-state index contributed by atoms with van der Waals surface area (Å²) < 4.78 is 19.7. The fourth-order valence-electron chi connectivity index (χ4n) is 3.95. The molecule has 5 nitrogen and oxygen atoms in total. The molecule has 7 heteroatoms. The van der Waals surface area contributed by atoms with Gasteiger partial charge in [-0.3, -0.25) is 10.5 Å². The Bertz CT molecular complexity index is 1360. The molecule has 0 radical (unpaired) electrons. The minimum absolute atomic E-state index is 0.174. The summed E-state index contributed by atoms with van der Waals surface area (Å²) in [4.78, 5) is 0. The van der Waals surface area contributed by atoms with Gasteiger partial charge in [0.05, 0.1) is 21.8 Å². The number of H-pyrrole nitrogens is 1. The second kappa shape index (κ2) is 7.08. The number of halogens is 2. The highest BCUT2D eigenvalue weighted by Crippen LogP contribution is 2.46. The summed E-state index contributed by atoms with van der Waals surface area (Å²) in [7, 11) is 0. The SMILES string of the molecule is N#CC1C(=N)Oc2n[nH]c(-c3ccc4ccccc4c3)c2C1c1ccc(F)c(Br)c1. The highest BCUT2D eigenvalue weighted by atomic mass is 79.9. The molecule has 0 spiro atoms. The van der Waals surface area contributed by atoms with Gasteiger partial charge in [-0.1, -0.05) is 42.5 Å². The highest BCUT2D eigenvalue weighted by Gasteiger charge is 2.41. The van der Waals surface area contributed by atoms with E-state index in [1.165, 1.54) is 6.07 Å². The fraction of sp³-hybridized carbons (Fsp3) is 0.0870. The molecule has 1 aliphatic heterocycles. The van der Waals surface area contributed by atoms with E-state index in [4.69, 9.17) is 10.1 Å². The van der Waals surface area contributed by atoms with Crippen LogP contribution in [0.1, 0.15) is 17.0 Å². The lowest BCUT2D eigenvalue weighted by Gasteiger charge is -2.28. The van der Waals surface area contributed by atoms with Crippen LogP contribution >= 0.6 is 15.9 Å². The summed E-state index contributed by atoms with van der Waals surface area (Å²) in [6.45, 7) is 0. The van der Waals surface area contributed by atoms with Crippen molar-refractivity contribution >= 4 is 32.6 Å². The van der Waals surface area contributed by atoms with Gasteiger partial charge in [-0.15, -0.1) is 5.10 Å². The first-order valence-electron chi connectivity index (χ1n) is 9.25. The van der Waals surface area contributed by atoms with Crippen LogP contribution in [-0.2, 0) is 0 Å². The number of aromatic amines is 1. The van der Waals surface area contributed by atoms with E-state index in [0.29, 0.717) is 21.3 Å². The molecule has 2 atom stereocenters. The van der Waals surface area contributed by atoms with E-state index in [1.54, 1.807) is 12.1 Å². The predicted octanol–water partition coefficient (Wildman–Crippen LogP) is 5.77. The molecule has 2 N–H and O–H groups in total. The Balaban J connectivity index is 1.73. The van der Waals surface area contributed by atoms with E-state index in [-0.39, 0.29) is 11.8 Å². The van der Waals surface area contributed by atoms with Gasteiger partial charge in [-0.2, -0.15) is 5.26 Å². The van der Waals surface area contributed by atoms with Crippen molar-refractivity contribution in [2.45, 2.75) is 5.92 Å². The molecule has 0 saturated heterocycles. The molecule has 2 heterocycles. The molecule has 5 rings (SSSR count). The summed E-state index contributed by atoms with van der Waals surface area (Å²) in [5, 5.41) is 27.5. The van der Waals surface area contributed by atoms with E-state index in [0.717, 1.165) is 16.3 Å². The topological polar surface area (TPSA) is 85.6 Å². The molecule has 146 valence electrons. The van der Waals surface area contributed by atoms with Gasteiger partial charge in [0.25, 0.3) is 0 Å². The van der Waals surface area contributed by atoms with Crippen LogP contribution in [0.5, 0.6) is 5.88 Å². The van der Waals surface area contributed by atoms with Crippen molar-refractivity contribution in [3.05, 3.63) is 82.1 Å². The number of nitriles is 1. The number of hydrogen-bond donors (Lipinski definition) is 2. The number of hydrogen-bond acceptors (Lipinski definition) is 4. The van der Waals surface area contributed by atoms with Crippen LogP contribution in [0.4, 0.5) is 4.39 Å². The first-order chi connectivity index (χ1) is 14.6. The first-order valence-corrected chi connectivity index (χ1v) is 10.0. The highest BCUT2D eigenvalue weighted by molar-refractivity contribution is 9.10. The lowest BCUT2D eigenvalue weighted by molar-refractivity contribution is 0.437. The van der Waals surface area contributed by atoms with Gasteiger partial charge in [0, 0.05) is 11.5 Å². The van der Waals surface area contributed by atoms with E-state index in [2.05, 4.69) is 32.2 Å². The second-order valence-corrected chi connectivity index (χ2v) is 7.96. The molecule has 3 aromatic carbocycles. The summed E-state index contributed by atoms with van der Waals surface area (Å²) in [5.41, 5.74) is 3.00. The fourth-order valence-corrected chi connectivity index (χ4v) is 4.35. The lowest BCUT2D eigenvalue weighted by atomic mass is 9.79. The lowest BCUT2D eigenvalue weighted by Crippen LogP contribution is -2.30. The number of nitrogens with one attached hydrogen (secondary N) is 2. The number of fused-ring (bicyclic) bond motifs is 2. The molecule has 0 amide bonds. The van der Waals surface area contributed by atoms with Gasteiger partial charge >= 0.3 is 0 Å². The van der Waals surface area contributed by atoms with Crippen LogP contribution in [0.15, 0.2) is 65.1 Å². The van der Waals surface area contributed by atoms with Gasteiger partial charge in [-0.05, 0) is 50.5 Å². The van der Waals surface area contributed by atoms with Gasteiger partial charge in [-0.25, -0.2) is 4.39 Å². The molecule has 0 bridgehead atoms. The zero-order valence-corrected chi connectivity index (χ0v) is 17.1. The second-order valence-electron chi connectivity index (χ2n) is 7.10. The maximum absolute atomic E-state index is 13.9. The van der Waals surface area contributed by atoms with Crippen LogP contribution < -0.4 is 4.74 Å². The van der Waals surface area contributed by atoms with Crippen molar-refractivity contribution in [2.75, 3.05) is 0 Å². The third-order valence-electron chi connectivity index (χ3n) is 5.38. The van der Waals surface area contributed by atoms with Crippen LogP contribution in [0.3, 0.4) is 0 Å². The zero-order valence-electron chi connectivity index (χ0n) is 15.5. The molecular formula is C23H14BrFN4O. The maximum atomic E-state index is 13.9. The van der Waals surface area contributed by atoms with Gasteiger partial charge in [0.15, 0.2) is 0 Å². The van der Waals surface area contributed by atoms with Crippen molar-refractivity contribution in [2.24, 2.45) is 5.92 Å². The minimum atomic E-state index is -0.855. The smallest absolute Gasteiger partial charge is 0.244 e. The molecular weight excluding hydrogens is 447 g/mol. The Morgan fingerprint density at radius 2 is 1.90 bits per heavy atom. The number of benzene rings is 3. The molecule has 30 heavy (non-hydrogen) atoms. The maximum Gasteiger partial charge on any atom is 0.244 e. The Hall–Kier alpha value is -3.50. The molecule has 0 aliphatic carbocycles. The monoisotopic (exact) mass is 460 g/mol. The van der Waals surface area contributed by atoms with Crippen molar-refractivity contribution in [1.29, 1.82) is 10.7 Å². The van der Waals surface area contributed by atoms with E-state index in [1.807, 2.05) is 42.5 Å². The van der Waals surface area contributed by atoms with E-state index in [9.17, 15) is 9.65 Å². The van der Waals surface area contributed by atoms with Crippen molar-refractivity contribution in [1.82, 2.24) is 10.2 Å². The van der Waals surface area contributed by atoms with E-state index >= 15 is 0 Å². The summed E-state index contributed by atoms with van der Waals surface area (Å²) in [5.74, 6) is -1.68. The average molecular weight is 461 g/mol. The molecule has 4 aromatic rings. The Labute approximate surface area is 179 Å². The Kier molecular flexibility index (Phi) is 4.37. The van der Waals surface area contributed by atoms with Gasteiger partial charge in [0.2, 0.25) is 11.8 Å². The minimum Gasteiger partial charge on any atom is -0.422 e. The number of nitrogens with zero attached hydrogens (tertiary/aromatic N) is 2. The van der Waals surface area contributed by atoms with Gasteiger partial charge in [0.1, 0.15) is 11.7 Å². The Morgan fingerprint density at radius 1 is 1.10 bits per heavy atom. The summed E-state index contributed by atoms with van der Waals surface area (Å²) in [6.07, 6.45) is 0. The van der Waals surface area contributed by atoms with Crippen LogP contribution in [-0.4, -0.2) is 16.1 Å². The Morgan fingerprint density at radius 3 is 2.67 bits per heavy atom. The standard InChI is InChI=1S/C23H14BrFN4O/c24-17-10-14(7-8-18(17)25)19-16(11-26)22(27)30-23-20(19)21(28-29-23)15-6-5-12-3-1-2-4-13(12)9-15/h1-10,16,19,27H,(H,28,29). The number of ether oxygens (including phenoxy) is 1. The predicted molar refractivity (Wildman–Crippen MR) is 115 cm³/mol. The largest absolute Gasteiger partial charge is 0.422 e. The van der Waals surface area contributed by atoms with Crippen molar-refractivity contribution in [3.63, 3.8) is 0 Å². The van der Waals surface area contributed by atoms with Crippen molar-refractivity contribution < 1.29 is 9.13 Å². The number of aromatic nitrogens is 2. The molecule has 0 fully saturated rings. The number of rotatable bonds is 2. The van der Waals surface area contributed by atoms with Crippen LogP contribution in [0, 0.1) is 28.5 Å². The first kappa shape index (κ1) is 18.5. The quantitative estimate of drug-likeness (QED) is 0.397. The van der Waals surface area contributed by atoms with Gasteiger partial charge < -0.3 is 4.74 Å². The zero-order chi connectivity index (χ0) is 20.8. The molecule has 1 aromatic heterocycles. The normalized spacial score (nSPS) is 18.0. The molecule has 0 saturated carbocycles.